The molecule has 2 aliphatic rings. The minimum atomic E-state index is 0.0489. The number of likely N-dealkylation sites (tertiary alicyclic amines) is 1. The molecule has 0 radical (unpaired) electrons. The number of rotatable bonds is 5. The molecule has 0 atom stereocenters. The molecule has 2 fully saturated rings. The van der Waals surface area contributed by atoms with Crippen LogP contribution in [0.4, 0.5) is 0 Å². The first-order chi connectivity index (χ1) is 12.2. The topological polar surface area (TPSA) is 60.2 Å². The van der Waals surface area contributed by atoms with Gasteiger partial charge in [-0.3, -0.25) is 9.48 Å². The van der Waals surface area contributed by atoms with Crippen molar-refractivity contribution in [3.8, 4) is 5.88 Å². The number of amides is 1. The fraction of sp³-hybridized carbons (Fsp3) is 0.526. The first-order valence-corrected chi connectivity index (χ1v) is 9.08. The van der Waals surface area contributed by atoms with E-state index in [1.807, 2.05) is 41.0 Å². The van der Waals surface area contributed by atoms with Gasteiger partial charge in [-0.25, -0.2) is 4.98 Å². The quantitative estimate of drug-likeness (QED) is 0.840. The number of aryl methyl sites for hydroxylation is 1. The smallest absolute Gasteiger partial charge is 0.255 e. The van der Waals surface area contributed by atoms with Crippen LogP contribution in [0.1, 0.15) is 41.6 Å². The van der Waals surface area contributed by atoms with Crippen LogP contribution in [0.5, 0.6) is 5.88 Å². The average Bonchev–Trinajstić information content (AvgIpc) is 3.22. The molecule has 0 N–H and O–H groups in total. The Morgan fingerprint density at radius 2 is 2.04 bits per heavy atom. The molecular formula is C19H24N4O2. The third-order valence-corrected chi connectivity index (χ3v) is 5.02. The maximum Gasteiger partial charge on any atom is 0.255 e. The van der Waals surface area contributed by atoms with Crippen molar-refractivity contribution >= 4 is 5.91 Å². The van der Waals surface area contributed by atoms with E-state index in [2.05, 4.69) is 10.1 Å². The summed E-state index contributed by atoms with van der Waals surface area (Å²) in [5.41, 5.74) is 1.80. The first-order valence-electron chi connectivity index (χ1n) is 9.08. The molecule has 1 aliphatic carbocycles. The van der Waals surface area contributed by atoms with Crippen LogP contribution >= 0.6 is 0 Å². The summed E-state index contributed by atoms with van der Waals surface area (Å²) >= 11 is 0. The molecule has 1 amide bonds. The third kappa shape index (κ3) is 3.67. The van der Waals surface area contributed by atoms with Crippen molar-refractivity contribution in [2.75, 3.05) is 13.1 Å². The molecule has 0 aromatic carbocycles. The van der Waals surface area contributed by atoms with E-state index >= 15 is 0 Å². The highest BCUT2D eigenvalue weighted by molar-refractivity contribution is 5.94. The molecule has 2 aromatic rings. The molecule has 1 aliphatic heterocycles. The molecule has 6 heteroatoms. The maximum atomic E-state index is 12.5. The standard InChI is InChI=1S/C19H24N4O2/c1-14-8-21-23(10-14)13-15-11-22(12-15)19(24)16-6-7-18(20-9-16)25-17-4-2-3-5-17/h6-10,15,17H,2-5,11-13H2,1H3. The third-order valence-electron chi connectivity index (χ3n) is 5.02. The van der Waals surface area contributed by atoms with Gasteiger partial charge in [0.2, 0.25) is 5.88 Å². The second-order valence-electron chi connectivity index (χ2n) is 7.23. The van der Waals surface area contributed by atoms with Crippen LogP contribution in [-0.4, -0.2) is 44.8 Å². The lowest BCUT2D eigenvalue weighted by Gasteiger charge is -2.39. The lowest BCUT2D eigenvalue weighted by molar-refractivity contribution is 0.0461. The number of nitrogens with zero attached hydrogens (tertiary/aromatic N) is 4. The van der Waals surface area contributed by atoms with Crippen molar-refractivity contribution in [2.24, 2.45) is 5.92 Å². The molecule has 3 heterocycles. The molecule has 25 heavy (non-hydrogen) atoms. The van der Waals surface area contributed by atoms with Crippen molar-refractivity contribution in [2.45, 2.75) is 45.3 Å². The Labute approximate surface area is 147 Å². The van der Waals surface area contributed by atoms with Crippen molar-refractivity contribution in [3.63, 3.8) is 0 Å². The van der Waals surface area contributed by atoms with E-state index < -0.39 is 0 Å². The second-order valence-corrected chi connectivity index (χ2v) is 7.23. The van der Waals surface area contributed by atoms with E-state index in [0.29, 0.717) is 17.4 Å². The Kier molecular flexibility index (Phi) is 4.42. The highest BCUT2D eigenvalue weighted by Gasteiger charge is 2.31. The van der Waals surface area contributed by atoms with Gasteiger partial charge in [0.05, 0.1) is 11.8 Å². The van der Waals surface area contributed by atoms with Gasteiger partial charge >= 0.3 is 0 Å². The summed E-state index contributed by atoms with van der Waals surface area (Å²) < 4.78 is 7.81. The van der Waals surface area contributed by atoms with Gasteiger partial charge in [0, 0.05) is 44.0 Å². The summed E-state index contributed by atoms with van der Waals surface area (Å²) in [5.74, 6) is 1.15. The van der Waals surface area contributed by atoms with Crippen LogP contribution in [0.3, 0.4) is 0 Å². The zero-order chi connectivity index (χ0) is 17.2. The van der Waals surface area contributed by atoms with Crippen molar-refractivity contribution < 1.29 is 9.53 Å². The number of hydrogen-bond acceptors (Lipinski definition) is 4. The monoisotopic (exact) mass is 340 g/mol. The van der Waals surface area contributed by atoms with Crippen molar-refractivity contribution in [1.82, 2.24) is 19.7 Å². The summed E-state index contributed by atoms with van der Waals surface area (Å²) in [6.07, 6.45) is 10.5. The summed E-state index contributed by atoms with van der Waals surface area (Å²) in [4.78, 5) is 18.7. The summed E-state index contributed by atoms with van der Waals surface area (Å²) in [6.45, 7) is 4.45. The van der Waals surface area contributed by atoms with Gasteiger partial charge in [-0.05, 0) is 44.2 Å². The van der Waals surface area contributed by atoms with Gasteiger partial charge in [-0.2, -0.15) is 5.10 Å². The zero-order valence-corrected chi connectivity index (χ0v) is 14.6. The molecule has 1 saturated heterocycles. The normalized spacial score (nSPS) is 18.4. The predicted molar refractivity (Wildman–Crippen MR) is 93.5 cm³/mol. The molecule has 4 rings (SSSR count). The van der Waals surface area contributed by atoms with E-state index in [4.69, 9.17) is 4.74 Å². The lowest BCUT2D eigenvalue weighted by Crippen LogP contribution is -2.51. The van der Waals surface area contributed by atoms with Crippen molar-refractivity contribution in [3.05, 3.63) is 41.9 Å². The minimum absolute atomic E-state index is 0.0489. The van der Waals surface area contributed by atoms with E-state index in [9.17, 15) is 4.79 Å². The van der Waals surface area contributed by atoms with Crippen LogP contribution in [0.2, 0.25) is 0 Å². The van der Waals surface area contributed by atoms with Crippen LogP contribution < -0.4 is 4.74 Å². The van der Waals surface area contributed by atoms with Crippen LogP contribution in [-0.2, 0) is 6.54 Å². The van der Waals surface area contributed by atoms with E-state index in [0.717, 1.165) is 32.5 Å². The fourth-order valence-electron chi connectivity index (χ4n) is 3.62. The number of hydrogen-bond donors (Lipinski definition) is 0. The van der Waals surface area contributed by atoms with Gasteiger partial charge in [-0.1, -0.05) is 0 Å². The molecule has 2 aromatic heterocycles. The van der Waals surface area contributed by atoms with Crippen LogP contribution in [0, 0.1) is 12.8 Å². The lowest BCUT2D eigenvalue weighted by atomic mass is 9.99. The second kappa shape index (κ2) is 6.86. The van der Waals surface area contributed by atoms with E-state index in [1.165, 1.54) is 18.4 Å². The number of pyridine rings is 1. The Morgan fingerprint density at radius 3 is 2.68 bits per heavy atom. The number of aromatic nitrogens is 3. The minimum Gasteiger partial charge on any atom is -0.474 e. The largest absolute Gasteiger partial charge is 0.474 e. The Balaban J connectivity index is 1.28. The fourth-order valence-corrected chi connectivity index (χ4v) is 3.62. The zero-order valence-electron chi connectivity index (χ0n) is 14.6. The van der Waals surface area contributed by atoms with Gasteiger partial charge in [0.1, 0.15) is 6.10 Å². The van der Waals surface area contributed by atoms with Gasteiger partial charge in [0.25, 0.3) is 5.91 Å². The van der Waals surface area contributed by atoms with Crippen molar-refractivity contribution in [1.29, 1.82) is 0 Å². The molecule has 0 spiro atoms. The molecule has 1 saturated carbocycles. The number of carbonyl (C=O) groups excluding carboxylic acids is 1. The number of carbonyl (C=O) groups is 1. The maximum absolute atomic E-state index is 12.5. The molecule has 0 bridgehead atoms. The summed E-state index contributed by atoms with van der Waals surface area (Å²) in [5, 5.41) is 4.31. The van der Waals surface area contributed by atoms with E-state index in [-0.39, 0.29) is 12.0 Å². The number of ether oxygens (including phenoxy) is 1. The SMILES string of the molecule is Cc1cnn(CC2CN(C(=O)c3ccc(OC4CCCC4)nc3)C2)c1. The summed E-state index contributed by atoms with van der Waals surface area (Å²) in [7, 11) is 0. The molecule has 132 valence electrons. The van der Waals surface area contributed by atoms with Crippen LogP contribution in [0.25, 0.3) is 0 Å². The highest BCUT2D eigenvalue weighted by Crippen LogP contribution is 2.24. The predicted octanol–water partition coefficient (Wildman–Crippen LogP) is 2.68. The van der Waals surface area contributed by atoms with Gasteiger partial charge in [0.15, 0.2) is 0 Å². The molecule has 0 unspecified atom stereocenters. The Hall–Kier alpha value is -2.37. The molecular weight excluding hydrogens is 316 g/mol. The van der Waals surface area contributed by atoms with E-state index in [1.54, 1.807) is 6.20 Å². The first kappa shape index (κ1) is 16.1. The van der Waals surface area contributed by atoms with Gasteiger partial charge in [-0.15, -0.1) is 0 Å². The highest BCUT2D eigenvalue weighted by atomic mass is 16.5. The molecule has 6 nitrogen and oxygen atoms in total. The Bertz CT molecular complexity index is 728. The van der Waals surface area contributed by atoms with Gasteiger partial charge < -0.3 is 9.64 Å². The Morgan fingerprint density at radius 1 is 1.24 bits per heavy atom. The van der Waals surface area contributed by atoms with Crippen LogP contribution in [0.15, 0.2) is 30.7 Å². The average molecular weight is 340 g/mol. The summed E-state index contributed by atoms with van der Waals surface area (Å²) in [6, 6.07) is 3.64.